The quantitative estimate of drug-likeness (QED) is 0.211. The first kappa shape index (κ1) is 20.5. The maximum Gasteiger partial charge on any atom is 0.330 e. The number of esters is 1. The lowest BCUT2D eigenvalue weighted by Gasteiger charge is -2.15. The van der Waals surface area contributed by atoms with Gasteiger partial charge in [0.15, 0.2) is 6.73 Å². The summed E-state index contributed by atoms with van der Waals surface area (Å²) >= 11 is 0. The number of terminal acetylenes is 1. The van der Waals surface area contributed by atoms with E-state index >= 15 is 0 Å². The van der Waals surface area contributed by atoms with E-state index in [0.29, 0.717) is 6.61 Å². The van der Waals surface area contributed by atoms with E-state index < -0.39 is 24.6 Å². The zero-order valence-electron chi connectivity index (χ0n) is 16.1. The number of carbonyl (C=O) groups is 3. The lowest BCUT2D eigenvalue weighted by molar-refractivity contribution is -0.151. The van der Waals surface area contributed by atoms with Crippen LogP contribution in [0.3, 0.4) is 0 Å². The molecule has 1 saturated heterocycles. The van der Waals surface area contributed by atoms with Crippen molar-refractivity contribution in [2.24, 2.45) is 22.4 Å². The summed E-state index contributed by atoms with van der Waals surface area (Å²) in [4.78, 5) is 43.5. The van der Waals surface area contributed by atoms with Crippen molar-refractivity contribution in [3.63, 3.8) is 0 Å². The van der Waals surface area contributed by atoms with E-state index in [1.807, 2.05) is 33.8 Å². The number of amides is 3. The van der Waals surface area contributed by atoms with Gasteiger partial charge in [0.25, 0.3) is 5.91 Å². The Morgan fingerprint density at radius 1 is 1.44 bits per heavy atom. The molecule has 8 heteroatoms. The van der Waals surface area contributed by atoms with Gasteiger partial charge < -0.3 is 14.5 Å². The van der Waals surface area contributed by atoms with Crippen molar-refractivity contribution in [3.8, 4) is 12.3 Å². The molecule has 0 radical (unpaired) electrons. The number of nitrogens with zero attached hydrogens (tertiary/aromatic N) is 3. The summed E-state index contributed by atoms with van der Waals surface area (Å²) in [5, 5.41) is 3.81. The number of ether oxygens (including phenoxy) is 1. The van der Waals surface area contributed by atoms with Crippen molar-refractivity contribution < 1.29 is 24.0 Å². The van der Waals surface area contributed by atoms with Crippen molar-refractivity contribution in [1.29, 1.82) is 0 Å². The Morgan fingerprint density at radius 2 is 2.15 bits per heavy atom. The van der Waals surface area contributed by atoms with E-state index in [1.54, 1.807) is 6.21 Å². The summed E-state index contributed by atoms with van der Waals surface area (Å²) < 4.78 is 5.24. The van der Waals surface area contributed by atoms with Gasteiger partial charge in [0.1, 0.15) is 13.2 Å². The summed E-state index contributed by atoms with van der Waals surface area (Å²) in [6.07, 6.45) is 8.73. The van der Waals surface area contributed by atoms with Crippen LogP contribution in [0.1, 0.15) is 27.7 Å². The van der Waals surface area contributed by atoms with E-state index in [9.17, 15) is 14.4 Å². The molecule has 2 fully saturated rings. The summed E-state index contributed by atoms with van der Waals surface area (Å²) in [5.41, 5.74) is 0.610. The maximum absolute atomic E-state index is 12.4. The van der Waals surface area contributed by atoms with Crippen LogP contribution in [0.2, 0.25) is 0 Å². The van der Waals surface area contributed by atoms with E-state index in [4.69, 9.17) is 16.0 Å². The Hall–Kier alpha value is -2.82. The van der Waals surface area contributed by atoms with Gasteiger partial charge in [-0.15, -0.1) is 6.42 Å². The highest BCUT2D eigenvalue weighted by Crippen LogP contribution is 2.59. The van der Waals surface area contributed by atoms with Crippen molar-refractivity contribution in [1.82, 2.24) is 9.80 Å². The molecule has 1 saturated carbocycles. The minimum Gasteiger partial charge on any atom is -0.443 e. The smallest absolute Gasteiger partial charge is 0.330 e. The molecule has 0 bridgehead atoms. The van der Waals surface area contributed by atoms with Crippen molar-refractivity contribution >= 4 is 24.1 Å². The number of carbonyl (C=O) groups excluding carboxylic acids is 3. The monoisotopic (exact) mass is 375 g/mol. The molecule has 2 rings (SSSR count). The molecule has 1 heterocycles. The SMILES string of the molecule is C#CCN1CC(=O)N(COC(=O)C2C(/C=C(C)/C=N/OCC)C2(C)C)C1=O. The molecule has 0 aromatic rings. The maximum atomic E-state index is 12.4. The number of allylic oxidation sites excluding steroid dienone is 2. The second-order valence-corrected chi connectivity index (χ2v) is 7.14. The second-order valence-electron chi connectivity index (χ2n) is 7.14. The molecule has 3 amide bonds. The number of rotatable bonds is 8. The van der Waals surface area contributed by atoms with Gasteiger partial charge in [-0.05, 0) is 30.8 Å². The first-order chi connectivity index (χ1) is 12.7. The predicted molar refractivity (Wildman–Crippen MR) is 98.2 cm³/mol. The highest BCUT2D eigenvalue weighted by atomic mass is 16.6. The minimum atomic E-state index is -0.541. The normalized spacial score (nSPS) is 24.3. The molecule has 0 spiro atoms. The zero-order chi connectivity index (χ0) is 20.2. The topological polar surface area (TPSA) is 88.5 Å². The highest BCUT2D eigenvalue weighted by Gasteiger charge is 2.61. The third-order valence-electron chi connectivity index (χ3n) is 4.81. The van der Waals surface area contributed by atoms with Crippen LogP contribution in [0.4, 0.5) is 4.79 Å². The molecule has 8 nitrogen and oxygen atoms in total. The molecular formula is C19H25N3O5. The fraction of sp³-hybridized carbons (Fsp3) is 0.579. The van der Waals surface area contributed by atoms with Crippen molar-refractivity contribution in [2.75, 3.05) is 26.4 Å². The average molecular weight is 375 g/mol. The molecule has 0 aromatic heterocycles. The first-order valence-electron chi connectivity index (χ1n) is 8.77. The third kappa shape index (κ3) is 4.48. The molecule has 2 aliphatic rings. The zero-order valence-corrected chi connectivity index (χ0v) is 16.1. The predicted octanol–water partition coefficient (Wildman–Crippen LogP) is 1.63. The fourth-order valence-corrected chi connectivity index (χ4v) is 3.13. The van der Waals surface area contributed by atoms with Gasteiger partial charge in [0.05, 0.1) is 18.7 Å². The highest BCUT2D eigenvalue weighted by molar-refractivity contribution is 6.02. The van der Waals surface area contributed by atoms with Crippen LogP contribution in [0.15, 0.2) is 16.8 Å². The molecule has 0 N–H and O–H groups in total. The van der Waals surface area contributed by atoms with Crippen LogP contribution >= 0.6 is 0 Å². The Kier molecular flexibility index (Phi) is 6.26. The Morgan fingerprint density at radius 3 is 2.78 bits per heavy atom. The van der Waals surface area contributed by atoms with E-state index in [0.717, 1.165) is 10.5 Å². The minimum absolute atomic E-state index is 0.0130. The van der Waals surface area contributed by atoms with Gasteiger partial charge in [0.2, 0.25) is 0 Å². The molecule has 1 aliphatic carbocycles. The lowest BCUT2D eigenvalue weighted by Crippen LogP contribution is -2.36. The molecule has 27 heavy (non-hydrogen) atoms. The van der Waals surface area contributed by atoms with E-state index in [2.05, 4.69) is 11.1 Å². The number of hydrogen-bond acceptors (Lipinski definition) is 6. The Bertz CT molecular complexity index is 719. The van der Waals surface area contributed by atoms with Crippen molar-refractivity contribution in [3.05, 3.63) is 11.6 Å². The molecule has 2 unspecified atom stereocenters. The number of hydrogen-bond donors (Lipinski definition) is 0. The first-order valence-corrected chi connectivity index (χ1v) is 8.77. The molecule has 1 aliphatic heterocycles. The van der Waals surface area contributed by atoms with Gasteiger partial charge in [-0.2, -0.15) is 0 Å². The fourth-order valence-electron chi connectivity index (χ4n) is 3.13. The number of imide groups is 1. The van der Waals surface area contributed by atoms with Crippen LogP contribution in [0.25, 0.3) is 0 Å². The second kappa shape index (κ2) is 8.25. The summed E-state index contributed by atoms with van der Waals surface area (Å²) in [6, 6.07) is -0.541. The molecule has 146 valence electrons. The lowest BCUT2D eigenvalue weighted by atomic mass is 10.1. The largest absolute Gasteiger partial charge is 0.443 e. The summed E-state index contributed by atoms with van der Waals surface area (Å²) in [5.74, 6) is 1.09. The Balaban J connectivity index is 1.93. The van der Waals surface area contributed by atoms with E-state index in [1.165, 1.54) is 4.90 Å². The van der Waals surface area contributed by atoms with Gasteiger partial charge >= 0.3 is 12.0 Å². The average Bonchev–Trinajstić information content (AvgIpc) is 3.02. The third-order valence-corrected chi connectivity index (χ3v) is 4.81. The summed E-state index contributed by atoms with van der Waals surface area (Å²) in [6.45, 7) is 7.68. The van der Waals surface area contributed by atoms with Crippen LogP contribution in [-0.4, -0.2) is 60.3 Å². The van der Waals surface area contributed by atoms with Crippen LogP contribution in [0.5, 0.6) is 0 Å². The molecule has 0 aromatic carbocycles. The van der Waals surface area contributed by atoms with Gasteiger partial charge in [-0.1, -0.05) is 31.0 Å². The van der Waals surface area contributed by atoms with Gasteiger partial charge in [-0.3, -0.25) is 9.59 Å². The number of oxime groups is 1. The molecular weight excluding hydrogens is 350 g/mol. The van der Waals surface area contributed by atoms with Crippen LogP contribution < -0.4 is 0 Å². The van der Waals surface area contributed by atoms with Gasteiger partial charge in [-0.25, -0.2) is 9.69 Å². The van der Waals surface area contributed by atoms with Crippen LogP contribution in [0, 0.1) is 29.6 Å². The molecule has 2 atom stereocenters. The van der Waals surface area contributed by atoms with Gasteiger partial charge in [0, 0.05) is 0 Å². The van der Waals surface area contributed by atoms with Crippen molar-refractivity contribution in [2.45, 2.75) is 27.7 Å². The standard InChI is InChI=1S/C19H25N3O5/c1-6-8-21-11-15(23)22(18(21)25)12-26-17(24)16-14(19(16,4)5)9-13(3)10-20-27-7-2/h1,9-10,14,16H,7-8,11-12H2,2-5H3/b13-9+,20-10+. The van der Waals surface area contributed by atoms with Crippen LogP contribution in [-0.2, 0) is 19.2 Å². The number of urea groups is 1. The Labute approximate surface area is 159 Å². The van der Waals surface area contributed by atoms with E-state index in [-0.39, 0.29) is 30.3 Å². The summed E-state index contributed by atoms with van der Waals surface area (Å²) in [7, 11) is 0.